The highest BCUT2D eigenvalue weighted by Crippen LogP contribution is 2.22. The lowest BCUT2D eigenvalue weighted by Gasteiger charge is -2.07. The number of rotatable bonds is 11. The Balaban J connectivity index is -0.000000309. The molecule has 4 atom stereocenters. The van der Waals surface area contributed by atoms with Crippen molar-refractivity contribution in [1.29, 1.82) is 0 Å². The molecule has 0 bridgehead atoms. The van der Waals surface area contributed by atoms with Crippen LogP contribution >= 0.6 is 46.8 Å². The maximum Gasteiger partial charge on any atom is 0.0869 e. The van der Waals surface area contributed by atoms with Crippen molar-refractivity contribution in [2.75, 3.05) is 49.4 Å². The van der Waals surface area contributed by atoms with Crippen LogP contribution in [0.3, 0.4) is 0 Å². The second kappa shape index (κ2) is 24.1. The molecule has 0 amide bonds. The third-order valence-electron chi connectivity index (χ3n) is 1.87. The first kappa shape index (κ1) is 29.8. The van der Waals surface area contributed by atoms with E-state index < -0.39 is 24.4 Å². The minimum Gasteiger partial charge on any atom is -0.394 e. The molecule has 0 saturated heterocycles. The molecule has 0 aromatic carbocycles. The Morgan fingerprint density at radius 3 is 0.917 bits per heavy atom. The summed E-state index contributed by atoms with van der Waals surface area (Å²) >= 11 is 7.37. The minimum atomic E-state index is -0.700. The van der Waals surface area contributed by atoms with Gasteiger partial charge in [0.25, 0.3) is 0 Å². The van der Waals surface area contributed by atoms with E-state index in [4.69, 9.17) is 40.9 Å². The lowest BCUT2D eigenvalue weighted by atomic mass is 10.4. The van der Waals surface area contributed by atoms with Gasteiger partial charge in [0, 0.05) is 23.0 Å². The molecule has 0 aromatic rings. The van der Waals surface area contributed by atoms with Crippen LogP contribution in [-0.4, -0.2) is 115 Å². The Morgan fingerprint density at radius 2 is 0.792 bits per heavy atom. The van der Waals surface area contributed by atoms with Gasteiger partial charge >= 0.3 is 0 Å². The maximum atomic E-state index is 8.88. The number of aliphatic hydroxyl groups excluding tert-OH is 8. The van der Waals surface area contributed by atoms with Gasteiger partial charge in [-0.25, -0.2) is 0 Å². The predicted octanol–water partition coefficient (Wildman–Crippen LogP) is -2.39. The Hall–Kier alpha value is 1.08. The highest BCUT2D eigenvalue weighted by Gasteiger charge is 2.04. The summed E-state index contributed by atoms with van der Waals surface area (Å²) in [6.45, 7) is -0.862. The van der Waals surface area contributed by atoms with Crippen molar-refractivity contribution in [1.82, 2.24) is 0 Å². The minimum absolute atomic E-state index is 0.191. The zero-order valence-corrected chi connectivity index (χ0v) is 16.7. The molecule has 0 fully saturated rings. The second-order valence-electron chi connectivity index (χ2n) is 4.28. The van der Waals surface area contributed by atoms with Gasteiger partial charge in [-0.05, 0) is 0 Å². The van der Waals surface area contributed by atoms with E-state index in [0.717, 1.165) is 0 Å². The first-order valence-electron chi connectivity index (χ1n) is 6.94. The molecule has 0 rings (SSSR count). The van der Waals surface area contributed by atoms with Crippen molar-refractivity contribution in [2.24, 2.45) is 0 Å². The van der Waals surface area contributed by atoms with Crippen LogP contribution in [0.5, 0.6) is 0 Å². The first-order valence-corrected chi connectivity index (χ1v) is 10.7. The van der Waals surface area contributed by atoms with E-state index in [1.807, 2.05) is 0 Å². The van der Waals surface area contributed by atoms with Gasteiger partial charge < -0.3 is 40.9 Å². The Morgan fingerprint density at radius 1 is 0.542 bits per heavy atom. The number of hydrogen-bond donors (Lipinski definition) is 10. The predicted molar refractivity (Wildman–Crippen MR) is 105 cm³/mol. The fraction of sp³-hybridized carbons (Fsp3) is 1.00. The molecule has 0 aliphatic heterocycles. The van der Waals surface area contributed by atoms with Crippen LogP contribution in [0.15, 0.2) is 0 Å². The van der Waals surface area contributed by atoms with E-state index in [2.05, 4.69) is 25.3 Å². The Labute approximate surface area is 161 Å². The van der Waals surface area contributed by atoms with E-state index >= 15 is 0 Å². The van der Waals surface area contributed by atoms with Crippen LogP contribution < -0.4 is 0 Å². The van der Waals surface area contributed by atoms with Crippen molar-refractivity contribution in [3.8, 4) is 0 Å². The topological polar surface area (TPSA) is 162 Å². The SMILES string of the molecule is OCC(O)CS.OCC(O)CS.OCC(O)CSSCC(O)CO. The fourth-order valence-corrected chi connectivity index (χ4v) is 2.94. The molecule has 24 heavy (non-hydrogen) atoms. The fourth-order valence-electron chi connectivity index (χ4n) is 0.474. The molecule has 8 nitrogen and oxygen atoms in total. The lowest BCUT2D eigenvalue weighted by molar-refractivity contribution is 0.113. The summed E-state index contributed by atoms with van der Waals surface area (Å²) < 4.78 is 0. The third kappa shape index (κ3) is 27.9. The van der Waals surface area contributed by atoms with Crippen LogP contribution in [0.25, 0.3) is 0 Å². The monoisotopic (exact) mass is 430 g/mol. The molecule has 0 aliphatic rings. The summed E-state index contributed by atoms with van der Waals surface area (Å²) in [6.07, 6.45) is -2.69. The van der Waals surface area contributed by atoms with Gasteiger partial charge in [0.15, 0.2) is 0 Å². The van der Waals surface area contributed by atoms with Crippen molar-refractivity contribution >= 4 is 46.8 Å². The molecule has 4 unspecified atom stereocenters. The summed E-state index contributed by atoms with van der Waals surface area (Å²) in [5.74, 6) is 1.52. The zero-order chi connectivity index (χ0) is 19.4. The Bertz CT molecular complexity index is 201. The van der Waals surface area contributed by atoms with Gasteiger partial charge in [-0.2, -0.15) is 25.3 Å². The maximum absolute atomic E-state index is 8.88. The molecule has 0 saturated carbocycles. The molecule has 0 spiro atoms. The van der Waals surface area contributed by atoms with Crippen molar-refractivity contribution in [2.45, 2.75) is 24.4 Å². The van der Waals surface area contributed by atoms with Gasteiger partial charge in [0.1, 0.15) is 0 Å². The van der Waals surface area contributed by atoms with E-state index in [1.54, 1.807) is 0 Å². The van der Waals surface area contributed by atoms with Crippen LogP contribution in [-0.2, 0) is 0 Å². The van der Waals surface area contributed by atoms with Gasteiger partial charge in [-0.3, -0.25) is 0 Å². The highest BCUT2D eigenvalue weighted by atomic mass is 33.1. The molecule has 150 valence electrons. The zero-order valence-electron chi connectivity index (χ0n) is 13.3. The van der Waals surface area contributed by atoms with E-state index in [9.17, 15) is 0 Å². The molecule has 12 heteroatoms. The lowest BCUT2D eigenvalue weighted by Crippen LogP contribution is -2.16. The van der Waals surface area contributed by atoms with Crippen LogP contribution in [0.2, 0.25) is 0 Å². The van der Waals surface area contributed by atoms with Gasteiger partial charge in [0.2, 0.25) is 0 Å². The first-order chi connectivity index (χ1) is 11.3. The van der Waals surface area contributed by atoms with Gasteiger partial charge in [-0.15, -0.1) is 0 Å². The van der Waals surface area contributed by atoms with Crippen molar-refractivity contribution in [3.05, 3.63) is 0 Å². The summed E-state index contributed by atoms with van der Waals surface area (Å²) in [5.41, 5.74) is 0. The van der Waals surface area contributed by atoms with Crippen LogP contribution in [0.1, 0.15) is 0 Å². The van der Waals surface area contributed by atoms with E-state index in [-0.39, 0.29) is 26.4 Å². The summed E-state index contributed by atoms with van der Waals surface area (Å²) in [5, 5.41) is 67.4. The van der Waals surface area contributed by atoms with E-state index in [0.29, 0.717) is 23.0 Å². The van der Waals surface area contributed by atoms with Gasteiger partial charge in [0.05, 0.1) is 50.8 Å². The summed E-state index contributed by atoms with van der Waals surface area (Å²) in [4.78, 5) is 0. The average molecular weight is 431 g/mol. The Kier molecular flexibility index (Phi) is 29.9. The average Bonchev–Trinajstić information content (AvgIpc) is 2.63. The number of aliphatic hydroxyl groups is 8. The van der Waals surface area contributed by atoms with Gasteiger partial charge in [-0.1, -0.05) is 21.6 Å². The molecule has 8 N–H and O–H groups in total. The normalized spacial score (nSPS) is 15.2. The second-order valence-corrected chi connectivity index (χ2v) is 7.56. The largest absolute Gasteiger partial charge is 0.394 e. The molecular weight excluding hydrogens is 400 g/mol. The quantitative estimate of drug-likeness (QED) is 0.0972. The molecule has 0 heterocycles. The highest BCUT2D eigenvalue weighted by molar-refractivity contribution is 8.76. The van der Waals surface area contributed by atoms with Crippen LogP contribution in [0, 0.1) is 0 Å². The number of thiol groups is 2. The van der Waals surface area contributed by atoms with Crippen molar-refractivity contribution < 1.29 is 40.9 Å². The summed E-state index contributed by atoms with van der Waals surface area (Å²) in [7, 11) is 2.73. The van der Waals surface area contributed by atoms with Crippen molar-refractivity contribution in [3.63, 3.8) is 0 Å². The molecule has 0 aromatic heterocycles. The van der Waals surface area contributed by atoms with Crippen LogP contribution in [0.4, 0.5) is 0 Å². The smallest absolute Gasteiger partial charge is 0.0869 e. The third-order valence-corrected chi connectivity index (χ3v) is 5.24. The molecule has 0 aliphatic carbocycles. The van der Waals surface area contributed by atoms with E-state index in [1.165, 1.54) is 21.6 Å². The molecule has 0 radical (unpaired) electrons. The number of hydrogen-bond acceptors (Lipinski definition) is 12. The summed E-state index contributed by atoms with van der Waals surface area (Å²) in [6, 6.07) is 0. The molecular formula is C12H30O8S4. The standard InChI is InChI=1S/C6H14O4S2.2C3H8O2S/c7-1-5(9)3-11-12-4-6(10)2-8;2*4-1-3(5)2-6/h5-10H,1-4H2;2*3-6H,1-2H2.